The fraction of sp³-hybridized carbons (Fsp3) is 0.467. The first-order valence-corrected chi connectivity index (χ1v) is 6.63. The van der Waals surface area contributed by atoms with Crippen LogP contribution in [0.5, 0.6) is 0 Å². The Balaban J connectivity index is 0.00000180. The number of piperazine rings is 1. The maximum Gasteiger partial charge on any atom is 0.127 e. The van der Waals surface area contributed by atoms with Gasteiger partial charge < -0.3 is 5.32 Å². The molecule has 0 radical (unpaired) electrons. The SMILES string of the molecule is C=CCC[C@@H](c1ccccc1F)N1CCNCC1.Cl.Cl. The highest BCUT2D eigenvalue weighted by atomic mass is 35.5. The molecule has 0 bridgehead atoms. The second-order valence-electron chi connectivity index (χ2n) is 4.69. The lowest BCUT2D eigenvalue weighted by molar-refractivity contribution is 0.163. The fourth-order valence-corrected chi connectivity index (χ4v) is 2.55. The van der Waals surface area contributed by atoms with Gasteiger partial charge in [0, 0.05) is 37.8 Å². The van der Waals surface area contributed by atoms with E-state index in [4.69, 9.17) is 0 Å². The predicted octanol–water partition coefficient (Wildman–Crippen LogP) is 3.58. The first kappa shape index (κ1) is 19.4. The maximum atomic E-state index is 14.0. The van der Waals surface area contributed by atoms with Crippen molar-refractivity contribution in [2.75, 3.05) is 26.2 Å². The average Bonchev–Trinajstić information content (AvgIpc) is 2.42. The highest BCUT2D eigenvalue weighted by Gasteiger charge is 2.23. The summed E-state index contributed by atoms with van der Waals surface area (Å²) in [5.74, 6) is -0.0925. The van der Waals surface area contributed by atoms with Gasteiger partial charge in [-0.1, -0.05) is 24.3 Å². The van der Waals surface area contributed by atoms with Gasteiger partial charge in [-0.3, -0.25) is 4.90 Å². The third kappa shape index (κ3) is 5.06. The summed E-state index contributed by atoms with van der Waals surface area (Å²) in [7, 11) is 0. The number of nitrogens with zero attached hydrogens (tertiary/aromatic N) is 1. The minimum Gasteiger partial charge on any atom is -0.314 e. The third-order valence-corrected chi connectivity index (χ3v) is 3.50. The smallest absolute Gasteiger partial charge is 0.127 e. The summed E-state index contributed by atoms with van der Waals surface area (Å²) < 4.78 is 14.0. The van der Waals surface area contributed by atoms with Crippen LogP contribution in [-0.4, -0.2) is 31.1 Å². The molecule has 0 amide bonds. The average molecular weight is 321 g/mol. The standard InChI is InChI=1S/C15H21FN2.2ClH/c1-2-3-8-15(18-11-9-17-10-12-18)13-6-4-5-7-14(13)16;;/h2,4-7,15,17H,1,3,8-12H2;2*1H/t15-;;/m0../s1. The molecular weight excluding hydrogens is 298 g/mol. The van der Waals surface area contributed by atoms with E-state index in [9.17, 15) is 4.39 Å². The fourth-order valence-electron chi connectivity index (χ4n) is 2.55. The Bertz CT molecular complexity index is 395. The zero-order valence-electron chi connectivity index (χ0n) is 11.6. The van der Waals surface area contributed by atoms with E-state index in [1.807, 2.05) is 18.2 Å². The zero-order chi connectivity index (χ0) is 12.8. The Morgan fingerprint density at radius 2 is 1.90 bits per heavy atom. The molecule has 1 fully saturated rings. The normalized spacial score (nSPS) is 16.6. The minimum absolute atomic E-state index is 0. The van der Waals surface area contributed by atoms with Gasteiger partial charge in [-0.15, -0.1) is 31.4 Å². The summed E-state index contributed by atoms with van der Waals surface area (Å²) in [5, 5.41) is 3.34. The number of nitrogens with one attached hydrogen (secondary N) is 1. The maximum absolute atomic E-state index is 14.0. The Kier molecular flexibility index (Phi) is 9.86. The van der Waals surface area contributed by atoms with Gasteiger partial charge in [-0.05, 0) is 18.9 Å². The predicted molar refractivity (Wildman–Crippen MR) is 87.5 cm³/mol. The molecule has 1 atom stereocenters. The lowest BCUT2D eigenvalue weighted by atomic mass is 9.99. The molecule has 5 heteroatoms. The monoisotopic (exact) mass is 320 g/mol. The van der Waals surface area contributed by atoms with Gasteiger partial charge >= 0.3 is 0 Å². The van der Waals surface area contributed by atoms with Crippen molar-refractivity contribution in [3.8, 4) is 0 Å². The van der Waals surface area contributed by atoms with E-state index in [0.717, 1.165) is 44.6 Å². The molecule has 0 aromatic heterocycles. The quantitative estimate of drug-likeness (QED) is 0.834. The molecule has 1 aromatic rings. The molecule has 1 N–H and O–H groups in total. The first-order valence-electron chi connectivity index (χ1n) is 6.63. The molecule has 0 saturated carbocycles. The number of rotatable bonds is 5. The van der Waals surface area contributed by atoms with Gasteiger partial charge in [-0.25, -0.2) is 4.39 Å². The topological polar surface area (TPSA) is 15.3 Å². The third-order valence-electron chi connectivity index (χ3n) is 3.50. The largest absolute Gasteiger partial charge is 0.314 e. The number of hydrogen-bond acceptors (Lipinski definition) is 2. The molecule has 1 aromatic carbocycles. The van der Waals surface area contributed by atoms with Crippen molar-refractivity contribution < 1.29 is 4.39 Å². The van der Waals surface area contributed by atoms with Crippen molar-refractivity contribution >= 4 is 24.8 Å². The molecule has 20 heavy (non-hydrogen) atoms. The van der Waals surface area contributed by atoms with Crippen LogP contribution in [0.2, 0.25) is 0 Å². The van der Waals surface area contributed by atoms with E-state index >= 15 is 0 Å². The summed E-state index contributed by atoms with van der Waals surface area (Å²) in [6, 6.07) is 7.30. The Morgan fingerprint density at radius 1 is 1.25 bits per heavy atom. The minimum atomic E-state index is -0.0925. The number of allylic oxidation sites excluding steroid dienone is 1. The highest BCUT2D eigenvalue weighted by Crippen LogP contribution is 2.28. The summed E-state index contributed by atoms with van der Waals surface area (Å²) in [4.78, 5) is 2.37. The molecule has 1 heterocycles. The number of halogens is 3. The van der Waals surface area contributed by atoms with Crippen molar-refractivity contribution in [3.63, 3.8) is 0 Å². The van der Waals surface area contributed by atoms with E-state index in [0.29, 0.717) is 0 Å². The van der Waals surface area contributed by atoms with E-state index in [1.165, 1.54) is 0 Å². The van der Waals surface area contributed by atoms with Crippen LogP contribution in [0.4, 0.5) is 4.39 Å². The van der Waals surface area contributed by atoms with Crippen molar-refractivity contribution in [1.82, 2.24) is 10.2 Å². The molecular formula is C15H23Cl2FN2. The number of hydrogen-bond donors (Lipinski definition) is 1. The van der Waals surface area contributed by atoms with Crippen molar-refractivity contribution in [2.45, 2.75) is 18.9 Å². The Hall–Kier alpha value is -0.610. The molecule has 114 valence electrons. The van der Waals surface area contributed by atoms with Gasteiger partial charge in [-0.2, -0.15) is 0 Å². The molecule has 0 spiro atoms. The van der Waals surface area contributed by atoms with Crippen LogP contribution in [-0.2, 0) is 0 Å². The van der Waals surface area contributed by atoms with Gasteiger partial charge in [0.1, 0.15) is 5.82 Å². The van der Waals surface area contributed by atoms with Crippen LogP contribution in [0.15, 0.2) is 36.9 Å². The Morgan fingerprint density at radius 3 is 2.50 bits per heavy atom. The summed E-state index contributed by atoms with van der Waals surface area (Å²) in [6.07, 6.45) is 3.77. The summed E-state index contributed by atoms with van der Waals surface area (Å²) in [5.41, 5.74) is 0.821. The van der Waals surface area contributed by atoms with Crippen molar-refractivity contribution in [2.24, 2.45) is 0 Å². The lowest BCUT2D eigenvalue weighted by Gasteiger charge is -2.35. The van der Waals surface area contributed by atoms with E-state index in [-0.39, 0.29) is 36.7 Å². The number of benzene rings is 1. The molecule has 1 saturated heterocycles. The molecule has 1 aliphatic rings. The molecule has 1 aliphatic heterocycles. The molecule has 0 unspecified atom stereocenters. The lowest BCUT2D eigenvalue weighted by Crippen LogP contribution is -2.45. The second-order valence-corrected chi connectivity index (χ2v) is 4.69. The highest BCUT2D eigenvalue weighted by molar-refractivity contribution is 5.85. The van der Waals surface area contributed by atoms with Crippen molar-refractivity contribution in [1.29, 1.82) is 0 Å². The van der Waals surface area contributed by atoms with Gasteiger partial charge in [0.05, 0.1) is 0 Å². The van der Waals surface area contributed by atoms with Gasteiger partial charge in [0.2, 0.25) is 0 Å². The van der Waals surface area contributed by atoms with Crippen LogP contribution >= 0.6 is 24.8 Å². The zero-order valence-corrected chi connectivity index (χ0v) is 13.2. The van der Waals surface area contributed by atoms with Crippen LogP contribution < -0.4 is 5.32 Å². The van der Waals surface area contributed by atoms with E-state index in [2.05, 4.69) is 16.8 Å². The summed E-state index contributed by atoms with van der Waals surface area (Å²) >= 11 is 0. The van der Waals surface area contributed by atoms with Crippen LogP contribution in [0.25, 0.3) is 0 Å². The van der Waals surface area contributed by atoms with Gasteiger partial charge in [0.25, 0.3) is 0 Å². The Labute approximate surface area is 133 Å². The van der Waals surface area contributed by atoms with E-state index in [1.54, 1.807) is 12.1 Å². The van der Waals surface area contributed by atoms with Crippen LogP contribution in [0.1, 0.15) is 24.4 Å². The van der Waals surface area contributed by atoms with E-state index < -0.39 is 0 Å². The van der Waals surface area contributed by atoms with Crippen LogP contribution in [0.3, 0.4) is 0 Å². The molecule has 2 rings (SSSR count). The van der Waals surface area contributed by atoms with Crippen LogP contribution in [0, 0.1) is 5.82 Å². The summed E-state index contributed by atoms with van der Waals surface area (Å²) in [6.45, 7) is 7.70. The van der Waals surface area contributed by atoms with Crippen molar-refractivity contribution in [3.05, 3.63) is 48.3 Å². The molecule has 2 nitrogen and oxygen atoms in total. The molecule has 0 aliphatic carbocycles. The van der Waals surface area contributed by atoms with Gasteiger partial charge in [0.15, 0.2) is 0 Å². The second kappa shape index (κ2) is 10.2. The first-order chi connectivity index (χ1) is 8.83.